The van der Waals surface area contributed by atoms with Gasteiger partial charge in [-0.25, -0.2) is 9.18 Å². The molecule has 0 radical (unpaired) electrons. The van der Waals surface area contributed by atoms with Crippen molar-refractivity contribution in [3.8, 4) is 0 Å². The van der Waals surface area contributed by atoms with Gasteiger partial charge in [0.2, 0.25) is 5.91 Å². The van der Waals surface area contributed by atoms with Crippen molar-refractivity contribution < 1.29 is 18.7 Å². The molecule has 7 rings (SSSR count). The lowest BCUT2D eigenvalue weighted by Gasteiger charge is -2.47. The number of hydrogen-bond donors (Lipinski definition) is 0. The normalized spacial score (nSPS) is 31.8. The summed E-state index contributed by atoms with van der Waals surface area (Å²) in [5.41, 5.74) is 1.85. The Morgan fingerprint density at radius 2 is 1.61 bits per heavy atom. The van der Waals surface area contributed by atoms with E-state index in [1.165, 1.54) is 12.5 Å². The Balaban J connectivity index is 1.03. The standard InChI is InChI=1S/C29H38FN3O3/c30-20-7-10-26-25(15-20)29(18-32(26)27(34)19-3-1-4-19)11-13-31(14-12-29)23-16-21-8-9-22(17-23)33(21)28(35)36-24-5-2-6-24/h7,10,15,19,21-24H,1-6,8-9,11-14,16-18H2. The van der Waals surface area contributed by atoms with E-state index >= 15 is 0 Å². The lowest BCUT2D eigenvalue weighted by atomic mass is 9.73. The van der Waals surface area contributed by atoms with Crippen LogP contribution in [0.15, 0.2) is 18.2 Å². The number of rotatable bonds is 3. The van der Waals surface area contributed by atoms with Crippen LogP contribution in [-0.4, -0.2) is 65.7 Å². The summed E-state index contributed by atoms with van der Waals surface area (Å²) in [6.07, 6.45) is 12.5. The van der Waals surface area contributed by atoms with Crippen LogP contribution in [0.5, 0.6) is 0 Å². The van der Waals surface area contributed by atoms with Gasteiger partial charge in [-0.3, -0.25) is 4.79 Å². The predicted octanol–water partition coefficient (Wildman–Crippen LogP) is 4.99. The molecular formula is C29H38FN3O3. The first kappa shape index (κ1) is 23.0. The van der Waals surface area contributed by atoms with E-state index in [2.05, 4.69) is 9.80 Å². The van der Waals surface area contributed by atoms with Crippen LogP contribution in [0.2, 0.25) is 0 Å². The molecule has 0 aromatic heterocycles. The van der Waals surface area contributed by atoms with Crippen LogP contribution < -0.4 is 4.90 Å². The van der Waals surface area contributed by atoms with E-state index in [0.29, 0.717) is 24.7 Å². The third kappa shape index (κ3) is 3.67. The van der Waals surface area contributed by atoms with Gasteiger partial charge < -0.3 is 19.4 Å². The van der Waals surface area contributed by atoms with Crippen molar-refractivity contribution >= 4 is 17.7 Å². The van der Waals surface area contributed by atoms with E-state index in [4.69, 9.17) is 4.74 Å². The zero-order valence-corrected chi connectivity index (χ0v) is 21.2. The molecule has 2 atom stereocenters. The monoisotopic (exact) mass is 495 g/mol. The van der Waals surface area contributed by atoms with Crippen molar-refractivity contribution in [2.45, 2.75) is 107 Å². The Bertz CT molecular complexity index is 1030. The third-order valence-electron chi connectivity index (χ3n) is 10.5. The van der Waals surface area contributed by atoms with Crippen LogP contribution in [0.4, 0.5) is 14.9 Å². The Morgan fingerprint density at radius 1 is 0.917 bits per heavy atom. The first-order valence-corrected chi connectivity index (χ1v) is 14.4. The maximum absolute atomic E-state index is 14.4. The molecule has 6 nitrogen and oxygen atoms in total. The van der Waals surface area contributed by atoms with E-state index in [1.54, 1.807) is 6.07 Å². The number of ether oxygens (including phenoxy) is 1. The third-order valence-corrected chi connectivity index (χ3v) is 10.5. The van der Waals surface area contributed by atoms with Crippen LogP contribution in [0.1, 0.15) is 82.6 Å². The molecule has 1 aromatic carbocycles. The van der Waals surface area contributed by atoms with Crippen molar-refractivity contribution in [1.82, 2.24) is 9.80 Å². The van der Waals surface area contributed by atoms with Crippen molar-refractivity contribution in [3.63, 3.8) is 0 Å². The number of nitrogens with zero attached hydrogens (tertiary/aromatic N) is 3. The Morgan fingerprint density at radius 3 is 2.22 bits per heavy atom. The fourth-order valence-corrected chi connectivity index (χ4v) is 7.89. The van der Waals surface area contributed by atoms with E-state index < -0.39 is 0 Å². The van der Waals surface area contributed by atoms with E-state index in [9.17, 15) is 14.0 Å². The van der Waals surface area contributed by atoms with Gasteiger partial charge in [0.05, 0.1) is 0 Å². The van der Waals surface area contributed by atoms with Gasteiger partial charge >= 0.3 is 6.09 Å². The number of anilines is 1. The van der Waals surface area contributed by atoms with E-state index in [1.807, 2.05) is 11.0 Å². The molecule has 2 amide bonds. The molecule has 1 aromatic rings. The van der Waals surface area contributed by atoms with Gasteiger partial charge in [-0.15, -0.1) is 0 Å². The highest BCUT2D eigenvalue weighted by Crippen LogP contribution is 2.49. The molecule has 0 N–H and O–H groups in total. The van der Waals surface area contributed by atoms with E-state index in [0.717, 1.165) is 95.0 Å². The molecule has 2 aliphatic carbocycles. The predicted molar refractivity (Wildman–Crippen MR) is 134 cm³/mol. The van der Waals surface area contributed by atoms with Crippen molar-refractivity contribution in [2.24, 2.45) is 5.92 Å². The van der Waals surface area contributed by atoms with Crippen LogP contribution in [-0.2, 0) is 14.9 Å². The molecule has 2 unspecified atom stereocenters. The van der Waals surface area contributed by atoms with Gasteiger partial charge in [-0.05, 0) is 107 Å². The molecule has 1 spiro atoms. The largest absolute Gasteiger partial charge is 0.446 e. The average Bonchev–Trinajstić information content (AvgIpc) is 3.26. The maximum Gasteiger partial charge on any atom is 0.410 e. The fourth-order valence-electron chi connectivity index (χ4n) is 7.89. The lowest BCUT2D eigenvalue weighted by molar-refractivity contribution is -0.124. The summed E-state index contributed by atoms with van der Waals surface area (Å²) in [6, 6.07) is 6.13. The molecule has 2 saturated carbocycles. The van der Waals surface area contributed by atoms with Crippen LogP contribution >= 0.6 is 0 Å². The lowest BCUT2D eigenvalue weighted by Crippen LogP contribution is -2.56. The number of benzene rings is 1. The summed E-state index contributed by atoms with van der Waals surface area (Å²) in [5.74, 6) is 0.187. The van der Waals surface area contributed by atoms with Gasteiger partial charge in [0.15, 0.2) is 0 Å². The second-order valence-electron chi connectivity index (χ2n) is 12.4. The highest BCUT2D eigenvalue weighted by molar-refractivity contribution is 5.98. The molecule has 194 valence electrons. The Labute approximate surface area is 213 Å². The number of likely N-dealkylation sites (tertiary alicyclic amines) is 1. The highest BCUT2D eigenvalue weighted by Gasteiger charge is 2.51. The first-order valence-electron chi connectivity index (χ1n) is 14.4. The number of carbonyl (C=O) groups excluding carboxylic acids is 2. The quantitative estimate of drug-likeness (QED) is 0.593. The van der Waals surface area contributed by atoms with Gasteiger partial charge in [0, 0.05) is 41.7 Å². The molecule has 7 heteroatoms. The van der Waals surface area contributed by atoms with E-state index in [-0.39, 0.29) is 35.3 Å². The van der Waals surface area contributed by atoms with Crippen molar-refractivity contribution in [1.29, 1.82) is 0 Å². The summed E-state index contributed by atoms with van der Waals surface area (Å²) >= 11 is 0. The SMILES string of the molecule is O=C(C1CCC1)N1CC2(CCN(C3CC4CCC(C3)N4C(=O)OC3CCC3)CC2)c2cc(F)ccc21. The summed E-state index contributed by atoms with van der Waals surface area (Å²) in [5, 5.41) is 0. The summed E-state index contributed by atoms with van der Waals surface area (Å²) in [7, 11) is 0. The summed E-state index contributed by atoms with van der Waals surface area (Å²) in [4.78, 5) is 32.8. The highest BCUT2D eigenvalue weighted by atomic mass is 19.1. The number of piperidine rings is 2. The van der Waals surface area contributed by atoms with Crippen LogP contribution in [0, 0.1) is 11.7 Å². The number of amides is 2. The maximum atomic E-state index is 14.4. The van der Waals surface area contributed by atoms with Crippen molar-refractivity contribution in [3.05, 3.63) is 29.6 Å². The zero-order chi connectivity index (χ0) is 24.4. The van der Waals surface area contributed by atoms with Gasteiger partial charge in [0.1, 0.15) is 11.9 Å². The first-order chi connectivity index (χ1) is 17.5. The average molecular weight is 496 g/mol. The molecule has 3 saturated heterocycles. The smallest absolute Gasteiger partial charge is 0.410 e. The second kappa shape index (κ2) is 8.71. The molecule has 6 aliphatic rings. The molecule has 2 bridgehead atoms. The number of carbonyl (C=O) groups is 2. The zero-order valence-electron chi connectivity index (χ0n) is 21.2. The number of halogens is 1. The summed E-state index contributed by atoms with van der Waals surface area (Å²) < 4.78 is 20.1. The molecular weight excluding hydrogens is 457 g/mol. The molecule has 4 heterocycles. The minimum atomic E-state index is -0.203. The van der Waals surface area contributed by atoms with Gasteiger partial charge in [0.25, 0.3) is 0 Å². The Hall–Kier alpha value is -2.15. The molecule has 36 heavy (non-hydrogen) atoms. The Kier molecular flexibility index (Phi) is 5.57. The fraction of sp³-hybridized carbons (Fsp3) is 0.724. The summed E-state index contributed by atoms with van der Waals surface area (Å²) in [6.45, 7) is 2.64. The minimum absolute atomic E-state index is 0.0796. The van der Waals surface area contributed by atoms with Crippen LogP contribution in [0.3, 0.4) is 0 Å². The van der Waals surface area contributed by atoms with Crippen molar-refractivity contribution in [2.75, 3.05) is 24.5 Å². The van der Waals surface area contributed by atoms with Gasteiger partial charge in [-0.2, -0.15) is 0 Å². The molecule has 5 fully saturated rings. The second-order valence-corrected chi connectivity index (χ2v) is 12.4. The van der Waals surface area contributed by atoms with Crippen LogP contribution in [0.25, 0.3) is 0 Å². The minimum Gasteiger partial charge on any atom is -0.446 e. The number of fused-ring (bicyclic) bond motifs is 4. The number of hydrogen-bond acceptors (Lipinski definition) is 4. The molecule has 4 aliphatic heterocycles. The topological polar surface area (TPSA) is 53.1 Å². The van der Waals surface area contributed by atoms with Gasteiger partial charge in [-0.1, -0.05) is 6.42 Å².